The molecule has 2 rings (SSSR count). The lowest BCUT2D eigenvalue weighted by molar-refractivity contribution is -0.143. The first-order valence-electron chi connectivity index (χ1n) is 6.56. The van der Waals surface area contributed by atoms with E-state index in [9.17, 15) is 4.79 Å². The summed E-state index contributed by atoms with van der Waals surface area (Å²) >= 11 is 0. The van der Waals surface area contributed by atoms with E-state index in [0.717, 1.165) is 23.9 Å². The van der Waals surface area contributed by atoms with E-state index in [2.05, 4.69) is 18.3 Å². The zero-order chi connectivity index (χ0) is 13.7. The van der Waals surface area contributed by atoms with Gasteiger partial charge in [0.05, 0.1) is 7.11 Å². The van der Waals surface area contributed by atoms with Crippen LogP contribution in [0, 0.1) is 0 Å². The average molecular weight is 257 g/mol. The number of hydrogen-bond acceptors (Lipinski definition) is 3. The summed E-state index contributed by atoms with van der Waals surface area (Å²) in [6.45, 7) is 2.86. The van der Waals surface area contributed by atoms with Crippen LogP contribution in [0.25, 0.3) is 10.8 Å². The lowest BCUT2D eigenvalue weighted by atomic mass is 10.0. The Labute approximate surface area is 113 Å². The zero-order valence-electron chi connectivity index (χ0n) is 11.3. The molecule has 0 aliphatic heterocycles. The fourth-order valence-corrected chi connectivity index (χ4v) is 2.13. The van der Waals surface area contributed by atoms with Crippen LogP contribution in [-0.4, -0.2) is 19.6 Å². The first kappa shape index (κ1) is 13.6. The number of carbonyl (C=O) groups excluding carboxylic acids is 1. The van der Waals surface area contributed by atoms with Crippen LogP contribution in [0.1, 0.15) is 24.9 Å². The minimum absolute atomic E-state index is 0.247. The predicted octanol–water partition coefficient (Wildman–Crippen LogP) is 3.05. The molecule has 0 aliphatic carbocycles. The third-order valence-electron chi connectivity index (χ3n) is 3.14. The maximum absolute atomic E-state index is 11.9. The van der Waals surface area contributed by atoms with Crippen molar-refractivity contribution in [3.63, 3.8) is 0 Å². The first-order valence-corrected chi connectivity index (χ1v) is 6.56. The molecule has 0 aromatic heterocycles. The molecule has 2 aromatic carbocycles. The van der Waals surface area contributed by atoms with E-state index in [1.54, 1.807) is 0 Å². The van der Waals surface area contributed by atoms with Gasteiger partial charge in [-0.25, -0.2) is 4.79 Å². The molecule has 0 saturated carbocycles. The number of ether oxygens (including phenoxy) is 1. The highest BCUT2D eigenvalue weighted by atomic mass is 16.5. The van der Waals surface area contributed by atoms with E-state index in [4.69, 9.17) is 4.74 Å². The van der Waals surface area contributed by atoms with E-state index in [1.807, 2.05) is 36.4 Å². The summed E-state index contributed by atoms with van der Waals surface area (Å²) < 4.78 is 4.87. The highest BCUT2D eigenvalue weighted by Crippen LogP contribution is 2.21. The molecular weight excluding hydrogens is 238 g/mol. The number of methoxy groups -OCH3 is 1. The molecule has 100 valence electrons. The summed E-state index contributed by atoms with van der Waals surface area (Å²) in [6, 6.07) is 13.8. The smallest absolute Gasteiger partial charge is 0.327 e. The molecule has 0 aliphatic rings. The quantitative estimate of drug-likeness (QED) is 0.837. The van der Waals surface area contributed by atoms with Crippen LogP contribution < -0.4 is 5.32 Å². The molecule has 0 fully saturated rings. The van der Waals surface area contributed by atoms with Gasteiger partial charge in [0.2, 0.25) is 0 Å². The van der Waals surface area contributed by atoms with Crippen molar-refractivity contribution >= 4 is 16.7 Å². The van der Waals surface area contributed by atoms with E-state index in [1.165, 1.54) is 12.5 Å². The van der Waals surface area contributed by atoms with Crippen LogP contribution in [0.15, 0.2) is 42.5 Å². The van der Waals surface area contributed by atoms with Crippen LogP contribution >= 0.6 is 0 Å². The van der Waals surface area contributed by atoms with Gasteiger partial charge in [0.25, 0.3) is 0 Å². The Morgan fingerprint density at radius 3 is 2.63 bits per heavy atom. The average Bonchev–Trinajstić information content (AvgIpc) is 2.47. The zero-order valence-corrected chi connectivity index (χ0v) is 11.3. The third-order valence-corrected chi connectivity index (χ3v) is 3.14. The molecule has 0 heterocycles. The molecule has 1 N–H and O–H groups in total. The van der Waals surface area contributed by atoms with Crippen LogP contribution in [-0.2, 0) is 9.53 Å². The van der Waals surface area contributed by atoms with E-state index >= 15 is 0 Å². The number of nitrogens with one attached hydrogen (secondary N) is 1. The molecule has 3 heteroatoms. The van der Waals surface area contributed by atoms with Gasteiger partial charge < -0.3 is 10.1 Å². The molecule has 0 spiro atoms. The molecule has 1 unspecified atom stereocenters. The third kappa shape index (κ3) is 3.12. The number of carbonyl (C=O) groups is 1. The van der Waals surface area contributed by atoms with Crippen molar-refractivity contribution in [1.29, 1.82) is 0 Å². The minimum atomic E-state index is -0.394. The molecule has 0 radical (unpaired) electrons. The molecule has 0 bridgehead atoms. The molecule has 2 aromatic rings. The van der Waals surface area contributed by atoms with Gasteiger partial charge >= 0.3 is 5.97 Å². The molecule has 1 atom stereocenters. The summed E-state index contributed by atoms with van der Waals surface area (Å²) in [5.74, 6) is -0.247. The highest BCUT2D eigenvalue weighted by molar-refractivity contribution is 5.85. The Hall–Kier alpha value is -1.87. The largest absolute Gasteiger partial charge is 0.468 e. The van der Waals surface area contributed by atoms with Crippen LogP contribution in [0.4, 0.5) is 0 Å². The Kier molecular flexibility index (Phi) is 4.53. The van der Waals surface area contributed by atoms with Gasteiger partial charge in [0.15, 0.2) is 0 Å². The molecule has 3 nitrogen and oxygen atoms in total. The van der Waals surface area contributed by atoms with Gasteiger partial charge in [0.1, 0.15) is 6.04 Å². The van der Waals surface area contributed by atoms with Crippen molar-refractivity contribution in [3.8, 4) is 0 Å². The number of fused-ring (bicyclic) bond motifs is 1. The monoisotopic (exact) mass is 257 g/mol. The molecule has 19 heavy (non-hydrogen) atoms. The van der Waals surface area contributed by atoms with Gasteiger partial charge in [0, 0.05) is 0 Å². The standard InChI is InChI=1S/C16H19NO2/c1-3-10-17-15(16(18)19-2)14-9-8-12-6-4-5-7-13(12)11-14/h4-9,11,15,17H,3,10H2,1-2H3. The second-order valence-corrected chi connectivity index (χ2v) is 4.52. The maximum atomic E-state index is 11.9. The maximum Gasteiger partial charge on any atom is 0.327 e. The second kappa shape index (κ2) is 6.34. The molecule has 0 saturated heterocycles. The van der Waals surface area contributed by atoms with Crippen molar-refractivity contribution in [1.82, 2.24) is 5.32 Å². The van der Waals surface area contributed by atoms with Crippen molar-refractivity contribution < 1.29 is 9.53 Å². The van der Waals surface area contributed by atoms with E-state index in [-0.39, 0.29) is 5.97 Å². The fraction of sp³-hybridized carbons (Fsp3) is 0.312. The fourth-order valence-electron chi connectivity index (χ4n) is 2.13. The van der Waals surface area contributed by atoms with Crippen molar-refractivity contribution in [2.45, 2.75) is 19.4 Å². The lowest BCUT2D eigenvalue weighted by Gasteiger charge is -2.17. The van der Waals surface area contributed by atoms with Gasteiger partial charge in [-0.1, -0.05) is 43.3 Å². The van der Waals surface area contributed by atoms with Gasteiger partial charge in [-0.3, -0.25) is 0 Å². The Morgan fingerprint density at radius 1 is 1.21 bits per heavy atom. The SMILES string of the molecule is CCCNC(C(=O)OC)c1ccc2ccccc2c1. The summed E-state index contributed by atoms with van der Waals surface area (Å²) in [4.78, 5) is 11.9. The summed E-state index contributed by atoms with van der Waals surface area (Å²) in [5.41, 5.74) is 0.944. The lowest BCUT2D eigenvalue weighted by Crippen LogP contribution is -2.30. The topological polar surface area (TPSA) is 38.3 Å². The minimum Gasteiger partial charge on any atom is -0.468 e. The van der Waals surface area contributed by atoms with Crippen LogP contribution in [0.3, 0.4) is 0 Å². The van der Waals surface area contributed by atoms with Crippen molar-refractivity contribution in [2.75, 3.05) is 13.7 Å². The summed E-state index contributed by atoms with van der Waals surface area (Å²) in [6.07, 6.45) is 0.973. The normalized spacial score (nSPS) is 12.3. The number of benzene rings is 2. The van der Waals surface area contributed by atoms with Crippen molar-refractivity contribution in [2.24, 2.45) is 0 Å². The Balaban J connectivity index is 2.34. The molecule has 0 amide bonds. The van der Waals surface area contributed by atoms with Gasteiger partial charge in [-0.15, -0.1) is 0 Å². The number of rotatable bonds is 5. The Bertz CT molecular complexity index is 565. The number of hydrogen-bond donors (Lipinski definition) is 1. The summed E-state index contributed by atoms with van der Waals surface area (Å²) in [7, 11) is 1.42. The first-order chi connectivity index (χ1) is 9.26. The Morgan fingerprint density at radius 2 is 1.95 bits per heavy atom. The second-order valence-electron chi connectivity index (χ2n) is 4.52. The molecular formula is C16H19NO2. The van der Waals surface area contributed by atoms with Gasteiger partial charge in [-0.2, -0.15) is 0 Å². The van der Waals surface area contributed by atoms with Crippen molar-refractivity contribution in [3.05, 3.63) is 48.0 Å². The van der Waals surface area contributed by atoms with E-state index < -0.39 is 6.04 Å². The van der Waals surface area contributed by atoms with Crippen LogP contribution in [0.2, 0.25) is 0 Å². The van der Waals surface area contributed by atoms with E-state index in [0.29, 0.717) is 0 Å². The highest BCUT2D eigenvalue weighted by Gasteiger charge is 2.20. The van der Waals surface area contributed by atoms with Crippen LogP contribution in [0.5, 0.6) is 0 Å². The predicted molar refractivity (Wildman–Crippen MR) is 77.0 cm³/mol. The number of esters is 1. The van der Waals surface area contributed by atoms with Gasteiger partial charge in [-0.05, 0) is 35.4 Å². The summed E-state index contributed by atoms with van der Waals surface area (Å²) in [5, 5.41) is 5.53.